The number of hydrogen-bond acceptors (Lipinski definition) is 4. The molecule has 1 heterocycles. The highest BCUT2D eigenvalue weighted by Gasteiger charge is 2.34. The van der Waals surface area contributed by atoms with Gasteiger partial charge in [0, 0.05) is 37.6 Å². The van der Waals surface area contributed by atoms with Crippen molar-refractivity contribution >= 4 is 26.7 Å². The summed E-state index contributed by atoms with van der Waals surface area (Å²) in [7, 11) is -3.57. The van der Waals surface area contributed by atoms with Crippen LogP contribution >= 0.6 is 0 Å². The third-order valence-corrected chi connectivity index (χ3v) is 8.55. The van der Waals surface area contributed by atoms with Crippen LogP contribution in [0, 0.1) is 11.8 Å². The Morgan fingerprint density at radius 2 is 1.70 bits per heavy atom. The Kier molecular flexibility index (Phi) is 6.41. The zero-order valence-electron chi connectivity index (χ0n) is 17.2. The molecule has 1 aliphatic carbocycles. The summed E-state index contributed by atoms with van der Waals surface area (Å²) in [6, 6.07) is 13.0. The minimum Gasteiger partial charge on any atom is -0.396 e. The Labute approximate surface area is 178 Å². The molecule has 6 nitrogen and oxygen atoms in total. The number of carbonyl (C=O) groups is 1. The molecule has 4 rings (SSSR count). The number of benzene rings is 2. The number of piperidine rings is 1. The van der Waals surface area contributed by atoms with Gasteiger partial charge < -0.3 is 10.4 Å². The quantitative estimate of drug-likeness (QED) is 0.764. The van der Waals surface area contributed by atoms with E-state index in [0.29, 0.717) is 30.8 Å². The Balaban J connectivity index is 1.38. The molecular weight excluding hydrogens is 400 g/mol. The lowest BCUT2D eigenvalue weighted by molar-refractivity contribution is -0.127. The molecule has 7 heteroatoms. The van der Waals surface area contributed by atoms with E-state index in [2.05, 4.69) is 5.32 Å². The van der Waals surface area contributed by atoms with Crippen molar-refractivity contribution in [2.45, 2.75) is 49.5 Å². The molecule has 2 fully saturated rings. The molecule has 1 amide bonds. The maximum atomic E-state index is 13.1. The fourth-order valence-electron chi connectivity index (χ4n) is 4.75. The van der Waals surface area contributed by atoms with Crippen LogP contribution in [0.2, 0.25) is 0 Å². The summed E-state index contributed by atoms with van der Waals surface area (Å²) in [6.07, 6.45) is 5.08. The predicted molar refractivity (Wildman–Crippen MR) is 116 cm³/mol. The molecular formula is C23H30N2O4S. The average molecular weight is 431 g/mol. The van der Waals surface area contributed by atoms with Crippen LogP contribution in [0.3, 0.4) is 0 Å². The zero-order valence-corrected chi connectivity index (χ0v) is 18.0. The van der Waals surface area contributed by atoms with Gasteiger partial charge in [-0.05, 0) is 48.6 Å². The SMILES string of the molecule is O=C(N[C@@H]1CCCC[C@H]1CO)C1CCN(S(=O)(=O)c2ccc3ccccc3c2)CC1. The second-order valence-electron chi connectivity index (χ2n) is 8.53. The number of nitrogens with one attached hydrogen (secondary N) is 1. The number of sulfonamides is 1. The summed E-state index contributed by atoms with van der Waals surface area (Å²) in [5.41, 5.74) is 0. The molecule has 162 valence electrons. The van der Waals surface area contributed by atoms with Gasteiger partial charge in [-0.3, -0.25) is 4.79 Å². The van der Waals surface area contributed by atoms with Gasteiger partial charge in [-0.1, -0.05) is 43.2 Å². The minimum absolute atomic E-state index is 0.00287. The van der Waals surface area contributed by atoms with E-state index in [1.54, 1.807) is 12.1 Å². The molecule has 30 heavy (non-hydrogen) atoms. The van der Waals surface area contributed by atoms with Gasteiger partial charge in [0.25, 0.3) is 0 Å². The molecule has 2 aromatic carbocycles. The summed E-state index contributed by atoms with van der Waals surface area (Å²) in [5, 5.41) is 14.6. The van der Waals surface area contributed by atoms with Gasteiger partial charge in [0.2, 0.25) is 15.9 Å². The largest absolute Gasteiger partial charge is 0.396 e. The molecule has 1 saturated carbocycles. The Hall–Kier alpha value is -1.96. The van der Waals surface area contributed by atoms with Crippen molar-refractivity contribution in [3.8, 4) is 0 Å². The number of carbonyl (C=O) groups excluding carboxylic acids is 1. The summed E-state index contributed by atoms with van der Waals surface area (Å²) in [4.78, 5) is 13.0. The Morgan fingerprint density at radius 3 is 2.43 bits per heavy atom. The van der Waals surface area contributed by atoms with E-state index in [1.807, 2.05) is 30.3 Å². The van der Waals surface area contributed by atoms with Crippen LogP contribution in [-0.2, 0) is 14.8 Å². The van der Waals surface area contributed by atoms with E-state index in [-0.39, 0.29) is 30.4 Å². The van der Waals surface area contributed by atoms with Gasteiger partial charge >= 0.3 is 0 Å². The van der Waals surface area contributed by atoms with Gasteiger partial charge in [-0.15, -0.1) is 0 Å². The molecule has 1 aliphatic heterocycles. The smallest absolute Gasteiger partial charge is 0.243 e. The van der Waals surface area contributed by atoms with E-state index in [0.717, 1.165) is 36.5 Å². The van der Waals surface area contributed by atoms with Crippen LogP contribution in [0.1, 0.15) is 38.5 Å². The van der Waals surface area contributed by atoms with Gasteiger partial charge in [0.1, 0.15) is 0 Å². The van der Waals surface area contributed by atoms with E-state index in [9.17, 15) is 18.3 Å². The van der Waals surface area contributed by atoms with E-state index < -0.39 is 10.0 Å². The maximum Gasteiger partial charge on any atom is 0.243 e. The molecule has 2 aromatic rings. The molecule has 0 spiro atoms. The fourth-order valence-corrected chi connectivity index (χ4v) is 6.26. The summed E-state index contributed by atoms with van der Waals surface area (Å²) < 4.78 is 27.7. The van der Waals surface area contributed by atoms with Crippen molar-refractivity contribution in [3.63, 3.8) is 0 Å². The van der Waals surface area contributed by atoms with E-state index in [1.165, 1.54) is 4.31 Å². The lowest BCUT2D eigenvalue weighted by Crippen LogP contribution is -2.48. The number of amides is 1. The monoisotopic (exact) mass is 430 g/mol. The normalized spacial score (nSPS) is 24.0. The van der Waals surface area contributed by atoms with E-state index >= 15 is 0 Å². The predicted octanol–water partition coefficient (Wildman–Crippen LogP) is 2.91. The molecule has 1 saturated heterocycles. The Bertz CT molecular complexity index is 999. The number of aliphatic hydroxyl groups is 1. The van der Waals surface area contributed by atoms with Crippen LogP contribution < -0.4 is 5.32 Å². The van der Waals surface area contributed by atoms with Crippen LogP contribution in [0.4, 0.5) is 0 Å². The molecule has 0 radical (unpaired) electrons. The molecule has 2 atom stereocenters. The fraction of sp³-hybridized carbons (Fsp3) is 0.522. The van der Waals surface area contributed by atoms with Crippen molar-refractivity contribution in [1.82, 2.24) is 9.62 Å². The van der Waals surface area contributed by atoms with Crippen molar-refractivity contribution in [2.75, 3.05) is 19.7 Å². The van der Waals surface area contributed by atoms with Crippen molar-refractivity contribution in [3.05, 3.63) is 42.5 Å². The second kappa shape index (κ2) is 9.04. The first-order valence-corrected chi connectivity index (χ1v) is 12.3. The van der Waals surface area contributed by atoms with Crippen molar-refractivity contribution < 1.29 is 18.3 Å². The van der Waals surface area contributed by atoms with Gasteiger partial charge in [0.05, 0.1) is 4.90 Å². The van der Waals surface area contributed by atoms with Gasteiger partial charge in [-0.25, -0.2) is 8.42 Å². The minimum atomic E-state index is -3.57. The van der Waals surface area contributed by atoms with Crippen molar-refractivity contribution in [2.24, 2.45) is 11.8 Å². The molecule has 2 aliphatic rings. The maximum absolute atomic E-state index is 13.1. The first-order valence-electron chi connectivity index (χ1n) is 10.9. The molecule has 0 unspecified atom stereocenters. The summed E-state index contributed by atoms with van der Waals surface area (Å²) in [6.45, 7) is 0.802. The van der Waals surface area contributed by atoms with E-state index in [4.69, 9.17) is 0 Å². The lowest BCUT2D eigenvalue weighted by atomic mass is 9.84. The van der Waals surface area contributed by atoms with Crippen LogP contribution in [0.5, 0.6) is 0 Å². The highest BCUT2D eigenvalue weighted by molar-refractivity contribution is 7.89. The number of nitrogens with zero attached hydrogens (tertiary/aromatic N) is 1. The standard InChI is InChI=1S/C23H30N2O4S/c26-16-20-7-3-4-8-22(20)24-23(27)18-11-13-25(14-12-18)30(28,29)21-10-9-17-5-1-2-6-19(17)15-21/h1-2,5-6,9-10,15,18,20,22,26H,3-4,7-8,11-14,16H2,(H,24,27)/t20-,22+/m0/s1. The van der Waals surface area contributed by atoms with Crippen LogP contribution in [0.25, 0.3) is 10.8 Å². The average Bonchev–Trinajstić information content (AvgIpc) is 2.79. The van der Waals surface area contributed by atoms with Gasteiger partial charge in [-0.2, -0.15) is 4.31 Å². The topological polar surface area (TPSA) is 86.7 Å². The summed E-state index contributed by atoms with van der Waals surface area (Å²) >= 11 is 0. The number of aliphatic hydroxyl groups excluding tert-OH is 1. The third-order valence-electron chi connectivity index (χ3n) is 6.65. The highest BCUT2D eigenvalue weighted by atomic mass is 32.2. The Morgan fingerprint density at radius 1 is 1.00 bits per heavy atom. The highest BCUT2D eigenvalue weighted by Crippen LogP contribution is 2.28. The first-order chi connectivity index (χ1) is 14.5. The van der Waals surface area contributed by atoms with Crippen LogP contribution in [-0.4, -0.2) is 49.5 Å². The first kappa shape index (κ1) is 21.3. The molecule has 2 N–H and O–H groups in total. The number of rotatable bonds is 5. The molecule has 0 aromatic heterocycles. The third kappa shape index (κ3) is 4.38. The number of hydrogen-bond donors (Lipinski definition) is 2. The van der Waals surface area contributed by atoms with Crippen LogP contribution in [0.15, 0.2) is 47.4 Å². The molecule has 0 bridgehead atoms. The van der Waals surface area contributed by atoms with Crippen molar-refractivity contribution in [1.29, 1.82) is 0 Å². The summed E-state index contributed by atoms with van der Waals surface area (Å²) in [5.74, 6) is -0.0338. The zero-order chi connectivity index (χ0) is 21.1. The second-order valence-corrected chi connectivity index (χ2v) is 10.5. The van der Waals surface area contributed by atoms with Gasteiger partial charge in [0.15, 0.2) is 0 Å². The lowest BCUT2D eigenvalue weighted by Gasteiger charge is -2.34. The number of fused-ring (bicyclic) bond motifs is 1.